The van der Waals surface area contributed by atoms with E-state index >= 15 is 0 Å². The summed E-state index contributed by atoms with van der Waals surface area (Å²) in [5.41, 5.74) is 0.800. The quantitative estimate of drug-likeness (QED) is 0.455. The normalized spacial score (nSPS) is 10.6. The molecule has 0 aliphatic heterocycles. The molecule has 1 aromatic carbocycles. The zero-order chi connectivity index (χ0) is 18.2. The highest BCUT2D eigenvalue weighted by molar-refractivity contribution is 7.14. The van der Waals surface area contributed by atoms with Crippen molar-refractivity contribution < 1.29 is 19.1 Å². The second-order valence-corrected chi connectivity index (χ2v) is 6.70. The first-order valence-electron chi connectivity index (χ1n) is 7.41. The van der Waals surface area contributed by atoms with E-state index in [4.69, 9.17) is 16.3 Å². The van der Waals surface area contributed by atoms with Crippen molar-refractivity contribution in [1.29, 1.82) is 0 Å². The molecule has 0 atom stereocenters. The predicted molar refractivity (Wildman–Crippen MR) is 97.6 cm³/mol. The van der Waals surface area contributed by atoms with E-state index in [0.717, 1.165) is 10.4 Å². The summed E-state index contributed by atoms with van der Waals surface area (Å²) in [7, 11) is 0. The summed E-state index contributed by atoms with van der Waals surface area (Å²) in [6, 6.07) is 10.4. The number of ether oxygens (including phenoxy) is 1. The Kier molecular flexibility index (Phi) is 6.91. The molecule has 25 heavy (non-hydrogen) atoms. The van der Waals surface area contributed by atoms with E-state index in [1.54, 1.807) is 42.5 Å². The third-order valence-corrected chi connectivity index (χ3v) is 4.45. The van der Waals surface area contributed by atoms with Gasteiger partial charge in [0.15, 0.2) is 6.61 Å². The van der Waals surface area contributed by atoms with Gasteiger partial charge in [0, 0.05) is 22.9 Å². The van der Waals surface area contributed by atoms with Gasteiger partial charge in [0.1, 0.15) is 0 Å². The zero-order valence-corrected chi connectivity index (χ0v) is 15.0. The van der Waals surface area contributed by atoms with Crippen LogP contribution in [-0.4, -0.2) is 24.3 Å². The average Bonchev–Trinajstić information content (AvgIpc) is 3.06. The van der Waals surface area contributed by atoms with Gasteiger partial charge in [-0.25, -0.2) is 4.79 Å². The number of nitrogens with one attached hydrogen (secondary N) is 1. The van der Waals surface area contributed by atoms with Gasteiger partial charge in [-0.3, -0.25) is 9.59 Å². The fourth-order valence-electron chi connectivity index (χ4n) is 1.83. The van der Waals surface area contributed by atoms with Crippen LogP contribution >= 0.6 is 22.9 Å². The Bertz CT molecular complexity index is 796. The number of halogens is 1. The Labute approximate surface area is 154 Å². The SMILES string of the molecule is CC(=O)NCc1ccc(C(=O)COC(=O)/C=C/c2ccc(Cl)cc2)s1. The maximum atomic E-state index is 12.0. The lowest BCUT2D eigenvalue weighted by molar-refractivity contribution is -0.136. The van der Waals surface area contributed by atoms with Crippen LogP contribution in [-0.2, 0) is 20.9 Å². The van der Waals surface area contributed by atoms with Crippen LogP contribution in [0.2, 0.25) is 5.02 Å². The molecule has 0 saturated carbocycles. The second-order valence-electron chi connectivity index (χ2n) is 5.09. The molecule has 1 N–H and O–H groups in total. The fraction of sp³-hybridized carbons (Fsp3) is 0.167. The molecule has 7 heteroatoms. The summed E-state index contributed by atoms with van der Waals surface area (Å²) < 4.78 is 4.95. The van der Waals surface area contributed by atoms with Gasteiger partial charge in [0.05, 0.1) is 11.4 Å². The number of hydrogen-bond acceptors (Lipinski definition) is 5. The van der Waals surface area contributed by atoms with Crippen LogP contribution in [0.5, 0.6) is 0 Å². The van der Waals surface area contributed by atoms with Gasteiger partial charge in [0.25, 0.3) is 0 Å². The van der Waals surface area contributed by atoms with Crippen molar-refractivity contribution in [2.45, 2.75) is 13.5 Å². The second kappa shape index (κ2) is 9.15. The third kappa shape index (κ3) is 6.52. The molecular weight excluding hydrogens is 362 g/mol. The highest BCUT2D eigenvalue weighted by atomic mass is 35.5. The lowest BCUT2D eigenvalue weighted by Gasteiger charge is -2.00. The summed E-state index contributed by atoms with van der Waals surface area (Å²) in [4.78, 5) is 35.9. The molecule has 0 fully saturated rings. The van der Waals surface area contributed by atoms with E-state index in [0.29, 0.717) is 16.4 Å². The highest BCUT2D eigenvalue weighted by Gasteiger charge is 2.11. The summed E-state index contributed by atoms with van der Waals surface area (Å²) in [5, 5.41) is 3.27. The van der Waals surface area contributed by atoms with Crippen molar-refractivity contribution in [3.8, 4) is 0 Å². The van der Waals surface area contributed by atoms with Crippen LogP contribution in [0.25, 0.3) is 6.08 Å². The fourth-order valence-corrected chi connectivity index (χ4v) is 2.83. The van der Waals surface area contributed by atoms with Crippen LogP contribution in [0, 0.1) is 0 Å². The van der Waals surface area contributed by atoms with Crippen molar-refractivity contribution in [2.75, 3.05) is 6.61 Å². The van der Waals surface area contributed by atoms with E-state index in [9.17, 15) is 14.4 Å². The summed E-state index contributed by atoms with van der Waals surface area (Å²) in [6.45, 7) is 1.47. The predicted octanol–water partition coefficient (Wildman–Crippen LogP) is 3.48. The molecule has 5 nitrogen and oxygen atoms in total. The molecular formula is C18H16ClNO4S. The first-order valence-corrected chi connectivity index (χ1v) is 8.60. The molecule has 2 aromatic rings. The topological polar surface area (TPSA) is 72.5 Å². The van der Waals surface area contributed by atoms with E-state index in [1.165, 1.54) is 24.3 Å². The van der Waals surface area contributed by atoms with E-state index < -0.39 is 5.97 Å². The molecule has 0 aliphatic rings. The Morgan fingerprint density at radius 2 is 1.88 bits per heavy atom. The van der Waals surface area contributed by atoms with E-state index in [-0.39, 0.29) is 18.3 Å². The van der Waals surface area contributed by atoms with Gasteiger partial charge in [-0.05, 0) is 35.9 Å². The summed E-state index contributed by atoms with van der Waals surface area (Å²) in [6.07, 6.45) is 2.84. The van der Waals surface area contributed by atoms with Gasteiger partial charge in [-0.2, -0.15) is 0 Å². The number of carbonyl (C=O) groups is 3. The molecule has 0 unspecified atom stereocenters. The molecule has 2 rings (SSSR count). The number of amides is 1. The molecule has 0 aliphatic carbocycles. The van der Waals surface area contributed by atoms with Crippen molar-refractivity contribution in [2.24, 2.45) is 0 Å². The minimum absolute atomic E-state index is 0.136. The summed E-state index contributed by atoms with van der Waals surface area (Å²) in [5.74, 6) is -1.02. The van der Waals surface area contributed by atoms with E-state index in [2.05, 4.69) is 5.32 Å². The van der Waals surface area contributed by atoms with Crippen LogP contribution in [0.15, 0.2) is 42.5 Å². The largest absolute Gasteiger partial charge is 0.454 e. The van der Waals surface area contributed by atoms with Crippen LogP contribution in [0.1, 0.15) is 27.0 Å². The van der Waals surface area contributed by atoms with E-state index in [1.807, 2.05) is 0 Å². The minimum atomic E-state index is -0.599. The van der Waals surface area contributed by atoms with Gasteiger partial charge in [0.2, 0.25) is 11.7 Å². The maximum absolute atomic E-state index is 12.0. The van der Waals surface area contributed by atoms with Crippen LogP contribution in [0.3, 0.4) is 0 Å². The molecule has 0 spiro atoms. The molecule has 1 heterocycles. The Hall–Kier alpha value is -2.44. The smallest absolute Gasteiger partial charge is 0.331 e. The first kappa shape index (κ1) is 18.9. The minimum Gasteiger partial charge on any atom is -0.454 e. The van der Waals surface area contributed by atoms with Crippen molar-refractivity contribution >= 4 is 46.7 Å². The Morgan fingerprint density at radius 3 is 2.56 bits per heavy atom. The Balaban J connectivity index is 1.81. The number of carbonyl (C=O) groups excluding carboxylic acids is 3. The lowest BCUT2D eigenvalue weighted by atomic mass is 10.2. The number of ketones is 1. The number of thiophene rings is 1. The van der Waals surface area contributed by atoms with Gasteiger partial charge >= 0.3 is 5.97 Å². The number of Topliss-reactive ketones (excluding diaryl/α,β-unsaturated/α-hetero) is 1. The van der Waals surface area contributed by atoms with Crippen molar-refractivity contribution in [1.82, 2.24) is 5.32 Å². The first-order chi connectivity index (χ1) is 11.9. The zero-order valence-electron chi connectivity index (χ0n) is 13.5. The molecule has 1 amide bonds. The third-order valence-electron chi connectivity index (χ3n) is 3.08. The number of benzene rings is 1. The molecule has 1 aromatic heterocycles. The molecule has 130 valence electrons. The lowest BCUT2D eigenvalue weighted by Crippen LogP contribution is -2.18. The monoisotopic (exact) mass is 377 g/mol. The van der Waals surface area contributed by atoms with Gasteiger partial charge in [-0.15, -0.1) is 11.3 Å². The number of hydrogen-bond donors (Lipinski definition) is 1. The molecule has 0 saturated heterocycles. The average molecular weight is 378 g/mol. The van der Waals surface area contributed by atoms with Crippen LogP contribution < -0.4 is 5.32 Å². The van der Waals surface area contributed by atoms with Crippen molar-refractivity contribution in [3.63, 3.8) is 0 Å². The molecule has 0 radical (unpaired) electrons. The van der Waals surface area contributed by atoms with Gasteiger partial charge in [-0.1, -0.05) is 23.7 Å². The standard InChI is InChI=1S/C18H16ClNO4S/c1-12(21)20-10-15-7-8-17(25-15)16(22)11-24-18(23)9-4-13-2-5-14(19)6-3-13/h2-9H,10-11H2,1H3,(H,20,21)/b9-4+. The number of esters is 1. The summed E-state index contributed by atoms with van der Waals surface area (Å²) >= 11 is 7.04. The van der Waals surface area contributed by atoms with Gasteiger partial charge < -0.3 is 10.1 Å². The number of rotatable bonds is 7. The molecule has 0 bridgehead atoms. The highest BCUT2D eigenvalue weighted by Crippen LogP contribution is 2.17. The maximum Gasteiger partial charge on any atom is 0.331 e. The van der Waals surface area contributed by atoms with Crippen LogP contribution in [0.4, 0.5) is 0 Å². The Morgan fingerprint density at radius 1 is 1.16 bits per heavy atom. The van der Waals surface area contributed by atoms with Crippen molar-refractivity contribution in [3.05, 3.63) is 62.8 Å².